The molecule has 2 aliphatic rings. The number of hydrogen-bond acceptors (Lipinski definition) is 3. The fraction of sp³-hybridized carbons (Fsp3) is 0.286. The molecule has 1 spiro atoms. The molecule has 0 saturated carbocycles. The van der Waals surface area contributed by atoms with E-state index in [1.807, 2.05) is 29.2 Å². The molecular formula is C21H19ClF3N3OS. The highest BCUT2D eigenvalue weighted by Crippen LogP contribution is 2.35. The summed E-state index contributed by atoms with van der Waals surface area (Å²) in [6, 6.07) is 12.5. The first kappa shape index (κ1) is 21.0. The monoisotopic (exact) mass is 453 g/mol. The Morgan fingerprint density at radius 2 is 1.83 bits per heavy atom. The van der Waals surface area contributed by atoms with E-state index in [1.54, 1.807) is 6.07 Å². The zero-order valence-corrected chi connectivity index (χ0v) is 17.4. The Morgan fingerprint density at radius 1 is 1.13 bits per heavy atom. The second kappa shape index (κ2) is 8.09. The Hall–Kier alpha value is -2.29. The molecule has 0 radical (unpaired) electrons. The molecule has 4 nitrogen and oxygen atoms in total. The van der Waals surface area contributed by atoms with Crippen LogP contribution in [0.1, 0.15) is 24.0 Å². The summed E-state index contributed by atoms with van der Waals surface area (Å²) in [6.07, 6.45) is -0.919. The van der Waals surface area contributed by atoms with Gasteiger partial charge in [0.25, 0.3) is 0 Å². The van der Waals surface area contributed by atoms with Gasteiger partial charge in [-0.2, -0.15) is 13.2 Å². The van der Waals surface area contributed by atoms with Crippen molar-refractivity contribution in [3.63, 3.8) is 0 Å². The first-order chi connectivity index (χ1) is 14.2. The number of nitrogens with one attached hydrogen (secondary N) is 2. The minimum absolute atomic E-state index is 0.318. The van der Waals surface area contributed by atoms with Gasteiger partial charge < -0.3 is 10.2 Å². The van der Waals surface area contributed by atoms with Crippen molar-refractivity contribution in [2.45, 2.75) is 24.6 Å². The van der Waals surface area contributed by atoms with E-state index in [2.05, 4.69) is 16.9 Å². The Bertz CT molecular complexity index is 970. The summed E-state index contributed by atoms with van der Waals surface area (Å²) in [7, 11) is 0. The van der Waals surface area contributed by atoms with E-state index in [-0.39, 0.29) is 0 Å². The SMILES string of the molecule is FC(F)(F)c1cccc(NC(=S)N2CCC3(C=C(c4ccc(Cl)cc4)NO3)CC2)c1. The van der Waals surface area contributed by atoms with Gasteiger partial charge in [-0.15, -0.1) is 0 Å². The summed E-state index contributed by atoms with van der Waals surface area (Å²) < 4.78 is 38.7. The number of likely N-dealkylation sites (tertiary alicyclic amines) is 1. The predicted octanol–water partition coefficient (Wildman–Crippen LogP) is 5.47. The molecule has 2 N–H and O–H groups in total. The largest absolute Gasteiger partial charge is 0.416 e. The summed E-state index contributed by atoms with van der Waals surface area (Å²) in [6.45, 7) is 1.24. The molecule has 2 aromatic carbocycles. The predicted molar refractivity (Wildman–Crippen MR) is 115 cm³/mol. The zero-order valence-electron chi connectivity index (χ0n) is 15.8. The Labute approximate surface area is 182 Å². The van der Waals surface area contributed by atoms with Crippen molar-refractivity contribution in [2.75, 3.05) is 18.4 Å². The van der Waals surface area contributed by atoms with Crippen LogP contribution in [-0.2, 0) is 11.0 Å². The van der Waals surface area contributed by atoms with Crippen molar-refractivity contribution >= 4 is 40.3 Å². The standard InChI is InChI=1S/C21H19ClF3N3OS/c22-16-6-4-14(5-7-16)18-13-20(29-27-18)8-10-28(11-9-20)19(30)26-17-3-1-2-15(12-17)21(23,24)25/h1-7,12-13,27H,8-11H2,(H,26,30). The molecule has 0 aliphatic carbocycles. The number of benzene rings is 2. The van der Waals surface area contributed by atoms with Gasteiger partial charge in [0.15, 0.2) is 5.11 Å². The van der Waals surface area contributed by atoms with Crippen molar-refractivity contribution in [3.8, 4) is 0 Å². The van der Waals surface area contributed by atoms with E-state index < -0.39 is 17.3 Å². The van der Waals surface area contributed by atoms with Crippen LogP contribution in [-0.4, -0.2) is 28.7 Å². The second-order valence-corrected chi connectivity index (χ2v) is 8.15. The third-order valence-corrected chi connectivity index (χ3v) is 5.88. The molecule has 0 amide bonds. The first-order valence-corrected chi connectivity index (χ1v) is 10.2. The van der Waals surface area contributed by atoms with E-state index in [4.69, 9.17) is 28.7 Å². The fourth-order valence-electron chi connectivity index (χ4n) is 3.56. The van der Waals surface area contributed by atoms with E-state index in [0.717, 1.165) is 23.4 Å². The van der Waals surface area contributed by atoms with Gasteiger partial charge in [0, 0.05) is 36.6 Å². The quantitative estimate of drug-likeness (QED) is 0.590. The molecule has 1 saturated heterocycles. The maximum atomic E-state index is 12.9. The van der Waals surface area contributed by atoms with Crippen LogP contribution in [0.25, 0.3) is 5.70 Å². The molecule has 0 aromatic heterocycles. The lowest BCUT2D eigenvalue weighted by molar-refractivity contribution is -0.137. The Morgan fingerprint density at radius 3 is 2.50 bits per heavy atom. The number of nitrogens with zero attached hydrogens (tertiary/aromatic N) is 1. The summed E-state index contributed by atoms with van der Waals surface area (Å²) in [5.74, 6) is 0. The van der Waals surface area contributed by atoms with Gasteiger partial charge in [-0.3, -0.25) is 10.3 Å². The lowest BCUT2D eigenvalue weighted by Crippen LogP contribution is -2.48. The third-order valence-electron chi connectivity index (χ3n) is 5.27. The van der Waals surface area contributed by atoms with Crippen molar-refractivity contribution in [2.24, 2.45) is 0 Å². The van der Waals surface area contributed by atoms with Gasteiger partial charge in [0.2, 0.25) is 0 Å². The minimum atomic E-state index is -4.39. The number of thiocarbonyl (C=S) groups is 1. The Balaban J connectivity index is 1.38. The van der Waals surface area contributed by atoms with Gasteiger partial charge in [0.1, 0.15) is 5.60 Å². The lowest BCUT2D eigenvalue weighted by Gasteiger charge is -2.38. The molecule has 158 valence electrons. The minimum Gasteiger partial charge on any atom is -0.349 e. The molecule has 30 heavy (non-hydrogen) atoms. The van der Waals surface area contributed by atoms with Crippen molar-refractivity contribution < 1.29 is 18.0 Å². The molecule has 2 aromatic rings. The summed E-state index contributed by atoms with van der Waals surface area (Å²) in [5.41, 5.74) is 4.06. The number of hydrogen-bond donors (Lipinski definition) is 2. The number of rotatable bonds is 2. The van der Waals surface area contributed by atoms with Gasteiger partial charge in [0.05, 0.1) is 11.3 Å². The average Bonchev–Trinajstić information content (AvgIpc) is 3.12. The number of anilines is 1. The highest BCUT2D eigenvalue weighted by molar-refractivity contribution is 7.80. The number of piperidine rings is 1. The summed E-state index contributed by atoms with van der Waals surface area (Å²) in [5, 5.41) is 3.99. The molecule has 2 aliphatic heterocycles. The lowest BCUT2D eigenvalue weighted by atomic mass is 9.90. The van der Waals surface area contributed by atoms with Crippen LogP contribution in [0.15, 0.2) is 54.6 Å². The normalized spacial score (nSPS) is 18.1. The van der Waals surface area contributed by atoms with Crippen LogP contribution in [0.3, 0.4) is 0 Å². The van der Waals surface area contributed by atoms with Crippen LogP contribution in [0.5, 0.6) is 0 Å². The molecular weight excluding hydrogens is 435 g/mol. The molecule has 9 heteroatoms. The summed E-state index contributed by atoms with van der Waals surface area (Å²) >= 11 is 11.4. The highest BCUT2D eigenvalue weighted by Gasteiger charge is 2.39. The topological polar surface area (TPSA) is 36.5 Å². The molecule has 0 unspecified atom stereocenters. The van der Waals surface area contributed by atoms with E-state index >= 15 is 0 Å². The van der Waals surface area contributed by atoms with Crippen LogP contribution in [0.4, 0.5) is 18.9 Å². The van der Waals surface area contributed by atoms with E-state index in [9.17, 15) is 13.2 Å². The number of hydroxylamine groups is 1. The zero-order chi connectivity index (χ0) is 21.4. The fourth-order valence-corrected chi connectivity index (χ4v) is 3.99. The van der Waals surface area contributed by atoms with Crippen molar-refractivity contribution in [1.82, 2.24) is 10.4 Å². The highest BCUT2D eigenvalue weighted by atomic mass is 35.5. The number of halogens is 4. The third kappa shape index (κ3) is 4.55. The number of alkyl halides is 3. The maximum Gasteiger partial charge on any atom is 0.416 e. The second-order valence-electron chi connectivity index (χ2n) is 7.33. The van der Waals surface area contributed by atoms with E-state index in [0.29, 0.717) is 41.8 Å². The van der Waals surface area contributed by atoms with E-state index in [1.165, 1.54) is 6.07 Å². The van der Waals surface area contributed by atoms with Crippen molar-refractivity contribution in [3.05, 3.63) is 70.8 Å². The average molecular weight is 454 g/mol. The van der Waals surface area contributed by atoms with Gasteiger partial charge in [-0.25, -0.2) is 0 Å². The first-order valence-electron chi connectivity index (χ1n) is 9.40. The molecule has 4 rings (SSSR count). The van der Waals surface area contributed by atoms with Crippen LogP contribution >= 0.6 is 23.8 Å². The molecule has 0 atom stereocenters. The van der Waals surface area contributed by atoms with Gasteiger partial charge >= 0.3 is 6.18 Å². The maximum absolute atomic E-state index is 12.9. The molecule has 2 heterocycles. The summed E-state index contributed by atoms with van der Waals surface area (Å²) in [4.78, 5) is 7.83. The van der Waals surface area contributed by atoms with Gasteiger partial charge in [-0.1, -0.05) is 29.8 Å². The van der Waals surface area contributed by atoms with Crippen LogP contribution in [0, 0.1) is 0 Å². The molecule has 0 bridgehead atoms. The van der Waals surface area contributed by atoms with Gasteiger partial charge in [-0.05, 0) is 54.2 Å². The van der Waals surface area contributed by atoms with Crippen LogP contribution in [0.2, 0.25) is 5.02 Å². The smallest absolute Gasteiger partial charge is 0.349 e. The Kier molecular flexibility index (Phi) is 5.65. The molecule has 1 fully saturated rings. The van der Waals surface area contributed by atoms with Crippen molar-refractivity contribution in [1.29, 1.82) is 0 Å². The van der Waals surface area contributed by atoms with Crippen LogP contribution < -0.4 is 10.8 Å².